The molecule has 0 bridgehead atoms. The van der Waals surface area contributed by atoms with Gasteiger partial charge < -0.3 is 9.32 Å². The molecular formula is C20H18ClFN2O2S. The van der Waals surface area contributed by atoms with Gasteiger partial charge in [-0.05, 0) is 48.5 Å². The fourth-order valence-corrected chi connectivity index (χ4v) is 4.27. The lowest BCUT2D eigenvalue weighted by Gasteiger charge is -2.34. The second kappa shape index (κ2) is 7.84. The monoisotopic (exact) mass is 404 g/mol. The van der Waals surface area contributed by atoms with E-state index >= 15 is 0 Å². The maximum absolute atomic E-state index is 13.0. The normalized spacial score (nSPS) is 15.3. The molecule has 4 rings (SSSR count). The van der Waals surface area contributed by atoms with Gasteiger partial charge in [-0.2, -0.15) is 0 Å². The average molecular weight is 405 g/mol. The Morgan fingerprint density at radius 2 is 1.78 bits per heavy atom. The van der Waals surface area contributed by atoms with Gasteiger partial charge in [-0.3, -0.25) is 9.69 Å². The summed E-state index contributed by atoms with van der Waals surface area (Å²) in [6.45, 7) is 3.80. The van der Waals surface area contributed by atoms with Crippen molar-refractivity contribution in [2.45, 2.75) is 6.54 Å². The Balaban J connectivity index is 1.36. The molecule has 3 aromatic rings. The summed E-state index contributed by atoms with van der Waals surface area (Å²) in [6.07, 6.45) is 0. The molecule has 0 N–H and O–H groups in total. The van der Waals surface area contributed by atoms with Crippen molar-refractivity contribution in [2.75, 3.05) is 26.2 Å². The van der Waals surface area contributed by atoms with Gasteiger partial charge in [0.25, 0.3) is 5.91 Å². The molecule has 7 heteroatoms. The molecule has 140 valence electrons. The lowest BCUT2D eigenvalue weighted by atomic mass is 10.2. The third kappa shape index (κ3) is 4.24. The Hall–Kier alpha value is -2.15. The van der Waals surface area contributed by atoms with E-state index in [0.717, 1.165) is 29.5 Å². The molecule has 1 aromatic carbocycles. The highest BCUT2D eigenvalue weighted by Crippen LogP contribution is 2.25. The van der Waals surface area contributed by atoms with Crippen LogP contribution in [0.3, 0.4) is 0 Å². The van der Waals surface area contributed by atoms with Gasteiger partial charge in [0.05, 0.1) is 4.34 Å². The number of carbonyl (C=O) groups is 1. The van der Waals surface area contributed by atoms with Gasteiger partial charge in [0, 0.05) is 43.2 Å². The number of halogens is 2. The van der Waals surface area contributed by atoms with Crippen LogP contribution in [-0.4, -0.2) is 41.9 Å². The highest BCUT2D eigenvalue weighted by molar-refractivity contribution is 7.16. The lowest BCUT2D eigenvalue weighted by Crippen LogP contribution is -2.48. The SMILES string of the molecule is O=C(c1ccc(-c2ccc(F)cc2)o1)N1CCN(Cc2ccc(Cl)s2)CC1. The Kier molecular flexibility index (Phi) is 5.29. The largest absolute Gasteiger partial charge is 0.451 e. The first-order chi connectivity index (χ1) is 13.1. The van der Waals surface area contributed by atoms with Crippen molar-refractivity contribution in [2.24, 2.45) is 0 Å². The van der Waals surface area contributed by atoms with Crippen LogP contribution >= 0.6 is 22.9 Å². The van der Waals surface area contributed by atoms with Crippen molar-refractivity contribution in [1.82, 2.24) is 9.80 Å². The molecule has 0 atom stereocenters. The van der Waals surface area contributed by atoms with Crippen LogP contribution in [-0.2, 0) is 6.54 Å². The molecule has 0 radical (unpaired) electrons. The van der Waals surface area contributed by atoms with Gasteiger partial charge in [-0.1, -0.05) is 11.6 Å². The van der Waals surface area contributed by atoms with E-state index in [1.807, 2.05) is 17.0 Å². The zero-order valence-corrected chi connectivity index (χ0v) is 16.1. The second-order valence-electron chi connectivity index (χ2n) is 6.44. The predicted octanol–water partition coefficient (Wildman–Crippen LogP) is 4.76. The van der Waals surface area contributed by atoms with Crippen molar-refractivity contribution in [1.29, 1.82) is 0 Å². The van der Waals surface area contributed by atoms with E-state index in [1.165, 1.54) is 17.0 Å². The fourth-order valence-electron chi connectivity index (χ4n) is 3.14. The first kappa shape index (κ1) is 18.2. The van der Waals surface area contributed by atoms with E-state index in [-0.39, 0.29) is 11.7 Å². The molecule has 2 aromatic heterocycles. The molecule has 1 amide bonds. The molecule has 1 fully saturated rings. The number of thiophene rings is 1. The first-order valence-corrected chi connectivity index (χ1v) is 9.89. The molecule has 0 aliphatic carbocycles. The van der Waals surface area contributed by atoms with Crippen molar-refractivity contribution in [3.63, 3.8) is 0 Å². The maximum atomic E-state index is 13.0. The summed E-state index contributed by atoms with van der Waals surface area (Å²) in [5, 5.41) is 0. The Bertz CT molecular complexity index is 930. The number of carbonyl (C=O) groups excluding carboxylic acids is 1. The number of hydrogen-bond acceptors (Lipinski definition) is 4. The molecule has 27 heavy (non-hydrogen) atoms. The fraction of sp³-hybridized carbons (Fsp3) is 0.250. The van der Waals surface area contributed by atoms with E-state index in [0.29, 0.717) is 24.6 Å². The van der Waals surface area contributed by atoms with Crippen LogP contribution in [0.25, 0.3) is 11.3 Å². The molecule has 0 unspecified atom stereocenters. The van der Waals surface area contributed by atoms with Gasteiger partial charge in [0.2, 0.25) is 0 Å². The Morgan fingerprint density at radius 3 is 2.44 bits per heavy atom. The van der Waals surface area contributed by atoms with E-state index < -0.39 is 0 Å². The smallest absolute Gasteiger partial charge is 0.289 e. The summed E-state index contributed by atoms with van der Waals surface area (Å²) < 4.78 is 19.6. The average Bonchev–Trinajstić information content (AvgIpc) is 3.32. The molecule has 0 saturated carbocycles. The number of rotatable bonds is 4. The number of hydrogen-bond donors (Lipinski definition) is 0. The van der Waals surface area contributed by atoms with Crippen LogP contribution in [0.1, 0.15) is 15.4 Å². The highest BCUT2D eigenvalue weighted by atomic mass is 35.5. The van der Waals surface area contributed by atoms with Crippen LogP contribution in [0.4, 0.5) is 4.39 Å². The summed E-state index contributed by atoms with van der Waals surface area (Å²) in [7, 11) is 0. The standard InChI is InChI=1S/C20H18ClFN2O2S/c21-19-8-5-16(27-19)13-23-9-11-24(12-10-23)20(25)18-7-6-17(26-18)14-1-3-15(22)4-2-14/h1-8H,9-13H2. The van der Waals surface area contributed by atoms with E-state index in [4.69, 9.17) is 16.0 Å². The first-order valence-electron chi connectivity index (χ1n) is 8.70. The molecule has 1 aliphatic heterocycles. The summed E-state index contributed by atoms with van der Waals surface area (Å²) >= 11 is 7.57. The highest BCUT2D eigenvalue weighted by Gasteiger charge is 2.24. The summed E-state index contributed by atoms with van der Waals surface area (Å²) in [4.78, 5) is 18.1. The maximum Gasteiger partial charge on any atom is 0.289 e. The molecule has 4 nitrogen and oxygen atoms in total. The number of benzene rings is 1. The molecule has 1 aliphatic rings. The lowest BCUT2D eigenvalue weighted by molar-refractivity contribution is 0.0600. The Labute approximate surface area is 165 Å². The molecule has 0 spiro atoms. The number of piperazine rings is 1. The topological polar surface area (TPSA) is 36.7 Å². The minimum atomic E-state index is -0.302. The van der Waals surface area contributed by atoms with Gasteiger partial charge >= 0.3 is 0 Å². The number of amides is 1. The van der Waals surface area contributed by atoms with Gasteiger partial charge in [0.1, 0.15) is 11.6 Å². The van der Waals surface area contributed by atoms with Crippen molar-refractivity contribution >= 4 is 28.8 Å². The van der Waals surface area contributed by atoms with Crippen LogP contribution in [0.5, 0.6) is 0 Å². The third-order valence-electron chi connectivity index (χ3n) is 4.61. The van der Waals surface area contributed by atoms with Crippen LogP contribution in [0, 0.1) is 5.82 Å². The Morgan fingerprint density at radius 1 is 1.04 bits per heavy atom. The molecule has 3 heterocycles. The number of nitrogens with zero attached hydrogens (tertiary/aromatic N) is 2. The van der Waals surface area contributed by atoms with Crippen molar-refractivity contribution in [3.05, 3.63) is 69.3 Å². The molecular weight excluding hydrogens is 387 g/mol. The van der Waals surface area contributed by atoms with Gasteiger partial charge in [0.15, 0.2) is 5.76 Å². The van der Waals surface area contributed by atoms with E-state index in [1.54, 1.807) is 35.6 Å². The zero-order valence-electron chi connectivity index (χ0n) is 14.5. The quantitative estimate of drug-likeness (QED) is 0.629. The van der Waals surface area contributed by atoms with Gasteiger partial charge in [-0.25, -0.2) is 4.39 Å². The number of furan rings is 1. The minimum Gasteiger partial charge on any atom is -0.451 e. The third-order valence-corrected chi connectivity index (χ3v) is 5.83. The second-order valence-corrected chi connectivity index (χ2v) is 8.24. The van der Waals surface area contributed by atoms with E-state index in [9.17, 15) is 9.18 Å². The van der Waals surface area contributed by atoms with Crippen LogP contribution < -0.4 is 0 Å². The van der Waals surface area contributed by atoms with Crippen LogP contribution in [0.15, 0.2) is 52.9 Å². The summed E-state index contributed by atoms with van der Waals surface area (Å²) in [5.74, 6) is 0.464. The summed E-state index contributed by atoms with van der Waals surface area (Å²) in [6, 6.07) is 13.4. The van der Waals surface area contributed by atoms with Crippen LogP contribution in [0.2, 0.25) is 4.34 Å². The summed E-state index contributed by atoms with van der Waals surface area (Å²) in [5.41, 5.74) is 0.745. The molecule has 1 saturated heterocycles. The predicted molar refractivity (Wildman–Crippen MR) is 105 cm³/mol. The van der Waals surface area contributed by atoms with Crippen molar-refractivity contribution in [3.8, 4) is 11.3 Å². The van der Waals surface area contributed by atoms with Crippen molar-refractivity contribution < 1.29 is 13.6 Å². The minimum absolute atomic E-state index is 0.109. The van der Waals surface area contributed by atoms with Gasteiger partial charge in [-0.15, -0.1) is 11.3 Å². The zero-order chi connectivity index (χ0) is 18.8. The van der Waals surface area contributed by atoms with E-state index in [2.05, 4.69) is 4.90 Å².